The van der Waals surface area contributed by atoms with Crippen molar-refractivity contribution in [3.8, 4) is 17.3 Å². The van der Waals surface area contributed by atoms with Crippen LogP contribution in [0.3, 0.4) is 0 Å². The average Bonchev–Trinajstić information content (AvgIpc) is 3.41. The van der Waals surface area contributed by atoms with E-state index in [1.807, 2.05) is 80.1 Å². The highest BCUT2D eigenvalue weighted by atomic mass is 16.1. The molecule has 162 valence electrons. The average molecular weight is 435 g/mol. The van der Waals surface area contributed by atoms with Crippen molar-refractivity contribution in [2.45, 2.75) is 25.8 Å². The fourth-order valence-corrected chi connectivity index (χ4v) is 4.17. The zero-order valence-electron chi connectivity index (χ0n) is 18.6. The molecule has 5 rings (SSSR count). The Morgan fingerprint density at radius 3 is 2.45 bits per heavy atom. The SMILES string of the molecule is CC(C)n1ncc2c(C(=O)C(C#N)c3nc4ccccc4n3C)cc(-c3ccccc3)nc21. The standard InChI is InChI=1S/C26H22N6O/c1-16(2)32-26-20(15-28-32)18(13-22(30-26)17-9-5-4-6-10-17)24(33)19(14-27)25-29-21-11-7-8-12-23(21)31(25)3/h4-13,15-16,19H,1-3H3. The molecule has 3 aromatic heterocycles. The number of carbonyl (C=O) groups excluding carboxylic acids is 1. The zero-order valence-corrected chi connectivity index (χ0v) is 18.6. The van der Waals surface area contributed by atoms with Gasteiger partial charge in [0.05, 0.1) is 29.0 Å². The highest BCUT2D eigenvalue weighted by molar-refractivity contribution is 6.11. The highest BCUT2D eigenvalue weighted by Crippen LogP contribution is 2.31. The Labute approximate surface area is 190 Å². The molecule has 5 aromatic rings. The normalized spacial score (nSPS) is 12.3. The van der Waals surface area contributed by atoms with E-state index in [9.17, 15) is 10.1 Å². The number of hydrogen-bond acceptors (Lipinski definition) is 5. The van der Waals surface area contributed by atoms with Gasteiger partial charge in [-0.05, 0) is 32.0 Å². The molecule has 3 heterocycles. The van der Waals surface area contributed by atoms with Crippen LogP contribution >= 0.6 is 0 Å². The summed E-state index contributed by atoms with van der Waals surface area (Å²) in [6.07, 6.45) is 1.66. The van der Waals surface area contributed by atoms with Gasteiger partial charge in [0.1, 0.15) is 5.82 Å². The number of fused-ring (bicyclic) bond motifs is 2. The molecule has 0 fully saturated rings. The van der Waals surface area contributed by atoms with E-state index in [-0.39, 0.29) is 11.8 Å². The molecule has 0 saturated heterocycles. The van der Waals surface area contributed by atoms with E-state index in [1.54, 1.807) is 16.9 Å². The lowest BCUT2D eigenvalue weighted by Gasteiger charge is -2.13. The van der Waals surface area contributed by atoms with E-state index in [0.717, 1.165) is 16.6 Å². The van der Waals surface area contributed by atoms with Gasteiger partial charge in [0, 0.05) is 29.6 Å². The second-order valence-corrected chi connectivity index (χ2v) is 8.29. The molecule has 0 N–H and O–H groups in total. The maximum Gasteiger partial charge on any atom is 0.188 e. The first-order chi connectivity index (χ1) is 16.0. The maximum atomic E-state index is 13.8. The first-order valence-electron chi connectivity index (χ1n) is 10.8. The molecular formula is C26H22N6O. The number of carbonyl (C=O) groups is 1. The molecular weight excluding hydrogens is 412 g/mol. The molecule has 0 aliphatic rings. The topological polar surface area (TPSA) is 89.4 Å². The van der Waals surface area contributed by atoms with E-state index >= 15 is 0 Å². The lowest BCUT2D eigenvalue weighted by molar-refractivity contribution is 0.0977. The summed E-state index contributed by atoms with van der Waals surface area (Å²) in [5.41, 5.74) is 4.22. The van der Waals surface area contributed by atoms with Crippen molar-refractivity contribution < 1.29 is 4.79 Å². The Balaban J connectivity index is 1.71. The minimum atomic E-state index is -1.06. The number of imidazole rings is 1. The Morgan fingerprint density at radius 1 is 1.03 bits per heavy atom. The van der Waals surface area contributed by atoms with Crippen molar-refractivity contribution in [2.24, 2.45) is 7.05 Å². The number of rotatable bonds is 5. The van der Waals surface area contributed by atoms with Gasteiger partial charge in [-0.2, -0.15) is 10.4 Å². The summed E-state index contributed by atoms with van der Waals surface area (Å²) in [4.78, 5) is 23.3. The van der Waals surface area contributed by atoms with Crippen molar-refractivity contribution >= 4 is 27.9 Å². The summed E-state index contributed by atoms with van der Waals surface area (Å²) in [6.45, 7) is 4.03. The lowest BCUT2D eigenvalue weighted by Crippen LogP contribution is -2.16. The smallest absolute Gasteiger partial charge is 0.188 e. The minimum absolute atomic E-state index is 0.0654. The number of aromatic nitrogens is 5. The van der Waals surface area contributed by atoms with Crippen molar-refractivity contribution in [3.63, 3.8) is 0 Å². The van der Waals surface area contributed by atoms with Crippen LogP contribution in [0.1, 0.15) is 42.0 Å². The second-order valence-electron chi connectivity index (χ2n) is 8.29. The van der Waals surface area contributed by atoms with Gasteiger partial charge in [-0.3, -0.25) is 4.79 Å². The van der Waals surface area contributed by atoms with Crippen LogP contribution < -0.4 is 0 Å². The summed E-state index contributed by atoms with van der Waals surface area (Å²) in [7, 11) is 1.83. The summed E-state index contributed by atoms with van der Waals surface area (Å²) < 4.78 is 3.62. The monoisotopic (exact) mass is 434 g/mol. The Hall–Kier alpha value is -4.31. The lowest BCUT2D eigenvalue weighted by atomic mass is 9.95. The first kappa shape index (κ1) is 20.6. The maximum absolute atomic E-state index is 13.8. The van der Waals surface area contributed by atoms with Crippen LogP contribution in [-0.2, 0) is 7.05 Å². The number of hydrogen-bond donors (Lipinski definition) is 0. The summed E-state index contributed by atoms with van der Waals surface area (Å²) in [5.74, 6) is -0.950. The van der Waals surface area contributed by atoms with Gasteiger partial charge >= 0.3 is 0 Å². The molecule has 7 heteroatoms. The van der Waals surface area contributed by atoms with Gasteiger partial charge < -0.3 is 4.57 Å². The number of aryl methyl sites for hydroxylation is 1. The molecule has 1 unspecified atom stereocenters. The molecule has 0 saturated carbocycles. The van der Waals surface area contributed by atoms with E-state index in [2.05, 4.69) is 16.2 Å². The van der Waals surface area contributed by atoms with Crippen molar-refractivity contribution in [1.82, 2.24) is 24.3 Å². The quantitative estimate of drug-likeness (QED) is 0.361. The molecule has 0 bridgehead atoms. The van der Waals surface area contributed by atoms with Crippen molar-refractivity contribution in [1.29, 1.82) is 5.26 Å². The molecule has 0 aliphatic carbocycles. The molecule has 33 heavy (non-hydrogen) atoms. The Kier molecular flexibility index (Phi) is 4.98. The summed E-state index contributed by atoms with van der Waals surface area (Å²) in [5, 5.41) is 15.2. The van der Waals surface area contributed by atoms with Gasteiger partial charge in [0.2, 0.25) is 0 Å². The summed E-state index contributed by atoms with van der Waals surface area (Å²) >= 11 is 0. The van der Waals surface area contributed by atoms with Gasteiger partial charge in [-0.1, -0.05) is 42.5 Å². The van der Waals surface area contributed by atoms with E-state index in [0.29, 0.717) is 28.1 Å². The number of ketones is 1. The van der Waals surface area contributed by atoms with Crippen LogP contribution in [-0.4, -0.2) is 30.1 Å². The number of nitriles is 1. The van der Waals surface area contributed by atoms with Gasteiger partial charge in [-0.15, -0.1) is 0 Å². The number of Topliss-reactive ketones (excluding diaryl/α,β-unsaturated/α-hetero) is 1. The summed E-state index contributed by atoms with van der Waals surface area (Å²) in [6, 6.07) is 21.3. The first-order valence-corrected chi connectivity index (χ1v) is 10.8. The molecule has 0 aliphatic heterocycles. The van der Waals surface area contributed by atoms with E-state index in [1.165, 1.54) is 0 Å². The largest absolute Gasteiger partial charge is 0.330 e. The number of benzene rings is 2. The molecule has 0 amide bonds. The minimum Gasteiger partial charge on any atom is -0.330 e. The Morgan fingerprint density at radius 2 is 1.76 bits per heavy atom. The number of pyridine rings is 1. The zero-order chi connectivity index (χ0) is 23.1. The van der Waals surface area contributed by atoms with Crippen LogP contribution in [0, 0.1) is 11.3 Å². The number of nitrogens with zero attached hydrogens (tertiary/aromatic N) is 6. The van der Waals surface area contributed by atoms with E-state index < -0.39 is 5.92 Å². The molecule has 1 atom stereocenters. The van der Waals surface area contributed by atoms with Gasteiger partial charge in [-0.25, -0.2) is 14.6 Å². The third kappa shape index (κ3) is 3.37. The molecule has 7 nitrogen and oxygen atoms in total. The van der Waals surface area contributed by atoms with Crippen LogP contribution in [0.5, 0.6) is 0 Å². The van der Waals surface area contributed by atoms with Crippen molar-refractivity contribution in [2.75, 3.05) is 0 Å². The second kappa shape index (κ2) is 7.99. The van der Waals surface area contributed by atoms with Crippen LogP contribution in [0.4, 0.5) is 0 Å². The van der Waals surface area contributed by atoms with Crippen LogP contribution in [0.15, 0.2) is 66.9 Å². The van der Waals surface area contributed by atoms with Crippen LogP contribution in [0.2, 0.25) is 0 Å². The Bertz CT molecular complexity index is 1540. The van der Waals surface area contributed by atoms with Gasteiger partial charge in [0.25, 0.3) is 0 Å². The number of para-hydroxylation sites is 2. The van der Waals surface area contributed by atoms with Crippen LogP contribution in [0.25, 0.3) is 33.3 Å². The third-order valence-electron chi connectivity index (χ3n) is 5.86. The van der Waals surface area contributed by atoms with Crippen molar-refractivity contribution in [3.05, 3.63) is 78.2 Å². The molecule has 0 radical (unpaired) electrons. The molecule has 0 spiro atoms. The fourth-order valence-electron chi connectivity index (χ4n) is 4.17. The fraction of sp³-hybridized carbons (Fsp3) is 0.192. The predicted molar refractivity (Wildman–Crippen MR) is 127 cm³/mol. The highest BCUT2D eigenvalue weighted by Gasteiger charge is 2.30. The molecule has 2 aromatic carbocycles. The predicted octanol–water partition coefficient (Wildman–Crippen LogP) is 5.06. The van der Waals surface area contributed by atoms with Gasteiger partial charge in [0.15, 0.2) is 17.3 Å². The third-order valence-corrected chi connectivity index (χ3v) is 5.86. The van der Waals surface area contributed by atoms with E-state index in [4.69, 9.17) is 4.98 Å².